The summed E-state index contributed by atoms with van der Waals surface area (Å²) in [4.78, 5) is 11.1. The van der Waals surface area contributed by atoms with Crippen LogP contribution in [0.1, 0.15) is 24.3 Å². The van der Waals surface area contributed by atoms with Gasteiger partial charge in [0.1, 0.15) is 5.69 Å². The van der Waals surface area contributed by atoms with Crippen molar-refractivity contribution in [2.75, 3.05) is 0 Å². The van der Waals surface area contributed by atoms with Gasteiger partial charge in [0.15, 0.2) is 5.69 Å². The maximum Gasteiger partial charge on any atom is 0.358 e. The molecule has 17 heavy (non-hydrogen) atoms. The van der Waals surface area contributed by atoms with Gasteiger partial charge in [-0.1, -0.05) is 5.21 Å². The monoisotopic (exact) mass is 235 g/mol. The standard InChI is InChI=1S/C10H13N5O2/c1-3-14-6-7(5-11-14)9-8(10(16)17)12-13-15(9)4-2/h5-6H,3-4H2,1-2H3,(H,16,17). The molecule has 0 bridgehead atoms. The number of hydrogen-bond acceptors (Lipinski definition) is 4. The van der Waals surface area contributed by atoms with Crippen LogP contribution in [0.25, 0.3) is 11.3 Å². The average Bonchev–Trinajstić information content (AvgIpc) is 2.94. The Hall–Kier alpha value is -2.18. The van der Waals surface area contributed by atoms with Crippen molar-refractivity contribution in [1.29, 1.82) is 0 Å². The van der Waals surface area contributed by atoms with Crippen LogP contribution in [0.15, 0.2) is 12.4 Å². The van der Waals surface area contributed by atoms with Gasteiger partial charge in [0.25, 0.3) is 0 Å². The number of aryl methyl sites for hydroxylation is 2. The van der Waals surface area contributed by atoms with E-state index in [9.17, 15) is 4.79 Å². The summed E-state index contributed by atoms with van der Waals surface area (Å²) in [6.07, 6.45) is 3.41. The first kappa shape index (κ1) is 11.3. The van der Waals surface area contributed by atoms with Gasteiger partial charge in [-0.15, -0.1) is 5.10 Å². The Morgan fingerprint density at radius 3 is 2.71 bits per heavy atom. The topological polar surface area (TPSA) is 85.8 Å². The second kappa shape index (κ2) is 4.36. The van der Waals surface area contributed by atoms with Crippen molar-refractivity contribution >= 4 is 5.97 Å². The first-order chi connectivity index (χ1) is 8.17. The zero-order valence-corrected chi connectivity index (χ0v) is 9.66. The van der Waals surface area contributed by atoms with Crippen molar-refractivity contribution in [2.24, 2.45) is 0 Å². The van der Waals surface area contributed by atoms with Crippen LogP contribution in [-0.4, -0.2) is 35.9 Å². The molecule has 7 nitrogen and oxygen atoms in total. The van der Waals surface area contributed by atoms with Crippen LogP contribution in [0, 0.1) is 0 Å². The van der Waals surface area contributed by atoms with Crippen LogP contribution < -0.4 is 0 Å². The second-order valence-electron chi connectivity index (χ2n) is 3.49. The minimum absolute atomic E-state index is 0.0393. The number of carboxylic acids is 1. The highest BCUT2D eigenvalue weighted by Crippen LogP contribution is 2.21. The summed E-state index contributed by atoms with van der Waals surface area (Å²) in [7, 11) is 0. The van der Waals surface area contributed by atoms with Gasteiger partial charge in [-0.2, -0.15) is 5.10 Å². The van der Waals surface area contributed by atoms with Gasteiger partial charge in [0.05, 0.1) is 6.20 Å². The maximum absolute atomic E-state index is 11.1. The maximum atomic E-state index is 11.1. The van der Waals surface area contributed by atoms with Gasteiger partial charge < -0.3 is 5.11 Å². The Bertz CT molecular complexity index is 543. The van der Waals surface area contributed by atoms with Gasteiger partial charge in [0, 0.05) is 24.8 Å². The van der Waals surface area contributed by atoms with E-state index in [-0.39, 0.29) is 5.69 Å². The van der Waals surface area contributed by atoms with E-state index < -0.39 is 5.97 Å². The number of rotatable bonds is 4. The summed E-state index contributed by atoms with van der Waals surface area (Å²) in [6.45, 7) is 5.14. The molecule has 0 atom stereocenters. The summed E-state index contributed by atoms with van der Waals surface area (Å²) in [5.41, 5.74) is 1.18. The van der Waals surface area contributed by atoms with Gasteiger partial charge in [-0.3, -0.25) is 4.68 Å². The van der Waals surface area contributed by atoms with E-state index in [0.29, 0.717) is 12.2 Å². The molecule has 90 valence electrons. The second-order valence-corrected chi connectivity index (χ2v) is 3.49. The lowest BCUT2D eigenvalue weighted by Crippen LogP contribution is -2.03. The van der Waals surface area contributed by atoms with Crippen LogP contribution in [0.5, 0.6) is 0 Å². The third kappa shape index (κ3) is 1.91. The zero-order valence-electron chi connectivity index (χ0n) is 9.66. The molecule has 0 spiro atoms. The molecule has 2 heterocycles. The first-order valence-corrected chi connectivity index (χ1v) is 5.37. The van der Waals surface area contributed by atoms with Crippen LogP contribution in [-0.2, 0) is 13.1 Å². The molecule has 2 aromatic heterocycles. The predicted molar refractivity (Wildman–Crippen MR) is 59.6 cm³/mol. The van der Waals surface area contributed by atoms with Crippen molar-refractivity contribution in [3.63, 3.8) is 0 Å². The Morgan fingerprint density at radius 2 is 2.18 bits per heavy atom. The molecule has 0 fully saturated rings. The molecule has 0 amide bonds. The largest absolute Gasteiger partial charge is 0.476 e. The lowest BCUT2D eigenvalue weighted by Gasteiger charge is -2.01. The van der Waals surface area contributed by atoms with Crippen molar-refractivity contribution in [1.82, 2.24) is 24.8 Å². The van der Waals surface area contributed by atoms with E-state index in [1.807, 2.05) is 13.8 Å². The number of hydrogen-bond donors (Lipinski definition) is 1. The first-order valence-electron chi connectivity index (χ1n) is 5.37. The third-order valence-electron chi connectivity index (χ3n) is 2.47. The highest BCUT2D eigenvalue weighted by molar-refractivity contribution is 5.92. The van der Waals surface area contributed by atoms with Gasteiger partial charge >= 0.3 is 5.97 Å². The fraction of sp³-hybridized carbons (Fsp3) is 0.400. The molecule has 0 saturated carbocycles. The summed E-state index contributed by atoms with van der Waals surface area (Å²) in [5, 5.41) is 20.7. The molecule has 0 unspecified atom stereocenters. The smallest absolute Gasteiger partial charge is 0.358 e. The van der Waals surface area contributed by atoms with E-state index >= 15 is 0 Å². The lowest BCUT2D eigenvalue weighted by molar-refractivity contribution is 0.0691. The van der Waals surface area contributed by atoms with Crippen LogP contribution >= 0.6 is 0 Å². The number of carboxylic acid groups (broad SMARTS) is 1. The lowest BCUT2D eigenvalue weighted by atomic mass is 10.2. The molecular weight excluding hydrogens is 222 g/mol. The molecule has 0 aromatic carbocycles. The molecule has 0 aliphatic heterocycles. The van der Waals surface area contributed by atoms with E-state index in [0.717, 1.165) is 12.1 Å². The number of aromatic nitrogens is 5. The molecule has 7 heteroatoms. The van der Waals surface area contributed by atoms with Gasteiger partial charge in [0.2, 0.25) is 0 Å². The molecule has 1 N–H and O–H groups in total. The summed E-state index contributed by atoms with van der Waals surface area (Å²) >= 11 is 0. The van der Waals surface area contributed by atoms with Crippen LogP contribution in [0.4, 0.5) is 0 Å². The van der Waals surface area contributed by atoms with Crippen molar-refractivity contribution in [3.8, 4) is 11.3 Å². The predicted octanol–water partition coefficient (Wildman–Crippen LogP) is 0.880. The van der Waals surface area contributed by atoms with E-state index in [2.05, 4.69) is 15.4 Å². The van der Waals surface area contributed by atoms with E-state index in [1.54, 1.807) is 21.8 Å². The zero-order chi connectivity index (χ0) is 12.4. The van der Waals surface area contributed by atoms with Crippen molar-refractivity contribution < 1.29 is 9.90 Å². The average molecular weight is 235 g/mol. The minimum Gasteiger partial charge on any atom is -0.476 e. The molecular formula is C10H13N5O2. The van der Waals surface area contributed by atoms with Gasteiger partial charge in [-0.05, 0) is 13.8 Å². The normalized spacial score (nSPS) is 10.7. The number of nitrogens with zero attached hydrogens (tertiary/aromatic N) is 5. The Kier molecular flexibility index (Phi) is 2.90. The fourth-order valence-electron chi connectivity index (χ4n) is 1.62. The van der Waals surface area contributed by atoms with Crippen molar-refractivity contribution in [2.45, 2.75) is 26.9 Å². The highest BCUT2D eigenvalue weighted by Gasteiger charge is 2.20. The molecule has 2 rings (SSSR count). The Labute approximate surface area is 97.7 Å². The number of carbonyl (C=O) groups is 1. The molecule has 2 aromatic rings. The number of aromatic carboxylic acids is 1. The van der Waals surface area contributed by atoms with Crippen LogP contribution in [0.2, 0.25) is 0 Å². The minimum atomic E-state index is -1.08. The Balaban J connectivity index is 2.55. The SMILES string of the molecule is CCn1cc(-c2c(C(=O)O)nnn2CC)cn1. The summed E-state index contributed by atoms with van der Waals surface area (Å²) < 4.78 is 3.29. The summed E-state index contributed by atoms with van der Waals surface area (Å²) in [6, 6.07) is 0. The van der Waals surface area contributed by atoms with Crippen LogP contribution in [0.3, 0.4) is 0 Å². The molecule has 0 saturated heterocycles. The van der Waals surface area contributed by atoms with E-state index in [4.69, 9.17) is 5.11 Å². The highest BCUT2D eigenvalue weighted by atomic mass is 16.4. The Morgan fingerprint density at radius 1 is 1.41 bits per heavy atom. The van der Waals surface area contributed by atoms with E-state index in [1.165, 1.54) is 0 Å². The fourth-order valence-corrected chi connectivity index (χ4v) is 1.62. The molecule has 0 aliphatic rings. The summed E-state index contributed by atoms with van der Waals surface area (Å²) in [5.74, 6) is -1.08. The van der Waals surface area contributed by atoms with Crippen molar-refractivity contribution in [3.05, 3.63) is 18.1 Å². The quantitative estimate of drug-likeness (QED) is 0.850. The molecule has 0 aliphatic carbocycles. The molecule has 0 radical (unpaired) electrons. The van der Waals surface area contributed by atoms with Gasteiger partial charge in [-0.25, -0.2) is 9.48 Å². The third-order valence-corrected chi connectivity index (χ3v) is 2.47.